The second-order valence-electron chi connectivity index (χ2n) is 10.8. The van der Waals surface area contributed by atoms with Crippen molar-refractivity contribution in [1.82, 2.24) is 15.2 Å². The molecule has 0 spiro atoms. The number of nitrogens with zero attached hydrogens (tertiary/aromatic N) is 3. The first-order valence-electron chi connectivity index (χ1n) is 13.6. The fourth-order valence-electron chi connectivity index (χ4n) is 5.91. The quantitative estimate of drug-likeness (QED) is 0.357. The monoisotopic (exact) mass is 598 g/mol. The number of nitriles is 1. The summed E-state index contributed by atoms with van der Waals surface area (Å²) in [4.78, 5) is 31.7. The van der Waals surface area contributed by atoms with E-state index in [0.717, 1.165) is 12.1 Å². The number of carbonyl (C=O) groups excluding carboxylic acids is 2. The van der Waals surface area contributed by atoms with Gasteiger partial charge in [0.15, 0.2) is 0 Å². The predicted octanol–water partition coefficient (Wildman–Crippen LogP) is 5.61. The van der Waals surface area contributed by atoms with E-state index >= 15 is 0 Å². The van der Waals surface area contributed by atoms with Gasteiger partial charge in [0.2, 0.25) is 5.91 Å². The maximum Gasteiger partial charge on any atom is 0.416 e. The third-order valence-electron chi connectivity index (χ3n) is 7.93. The molecule has 3 aromatic rings. The summed E-state index contributed by atoms with van der Waals surface area (Å²) in [6.07, 6.45) is -4.63. The second kappa shape index (κ2) is 12.1. The van der Waals surface area contributed by atoms with E-state index in [4.69, 9.17) is 10.00 Å². The first kappa shape index (κ1) is 30.1. The van der Waals surface area contributed by atoms with E-state index < -0.39 is 60.3 Å². The van der Waals surface area contributed by atoms with Gasteiger partial charge in [0.05, 0.1) is 23.3 Å². The van der Waals surface area contributed by atoms with Gasteiger partial charge in [-0.15, -0.1) is 0 Å². The van der Waals surface area contributed by atoms with Crippen molar-refractivity contribution in [2.75, 3.05) is 6.54 Å². The van der Waals surface area contributed by atoms with Crippen LogP contribution in [0, 0.1) is 17.1 Å². The highest BCUT2D eigenvalue weighted by Gasteiger charge is 2.49. The van der Waals surface area contributed by atoms with Crippen LogP contribution in [0.4, 0.5) is 22.0 Å². The van der Waals surface area contributed by atoms with E-state index in [9.17, 15) is 31.5 Å². The smallest absolute Gasteiger partial charge is 0.368 e. The van der Waals surface area contributed by atoms with Crippen LogP contribution >= 0.6 is 0 Å². The molecular formula is C31H27F5N4O3. The number of carbonyl (C=O) groups is 2. The van der Waals surface area contributed by atoms with Gasteiger partial charge in [-0.1, -0.05) is 18.2 Å². The average Bonchev–Trinajstić information content (AvgIpc) is 3.35. The lowest BCUT2D eigenvalue weighted by Gasteiger charge is -2.37. The Bertz CT molecular complexity index is 1540. The molecule has 7 nitrogen and oxygen atoms in total. The zero-order valence-electron chi connectivity index (χ0n) is 22.9. The normalized spacial score (nSPS) is 22.5. The summed E-state index contributed by atoms with van der Waals surface area (Å²) in [6.45, 7) is 0.610. The molecule has 0 saturated carbocycles. The zero-order valence-corrected chi connectivity index (χ0v) is 22.9. The predicted molar refractivity (Wildman–Crippen MR) is 144 cm³/mol. The molecule has 0 radical (unpaired) electrons. The van der Waals surface area contributed by atoms with Crippen LogP contribution in [0.2, 0.25) is 0 Å². The maximum absolute atomic E-state index is 13.8. The molecule has 224 valence electrons. The summed E-state index contributed by atoms with van der Waals surface area (Å²) in [5, 5.41) is 11.8. The lowest BCUT2D eigenvalue weighted by Crippen LogP contribution is -2.51. The Kier molecular flexibility index (Phi) is 8.46. The third-order valence-corrected chi connectivity index (χ3v) is 7.93. The Morgan fingerprint density at radius 3 is 2.56 bits per heavy atom. The number of ether oxygens (including phenoxy) is 1. The van der Waals surface area contributed by atoms with E-state index in [0.29, 0.717) is 12.0 Å². The van der Waals surface area contributed by atoms with Gasteiger partial charge in [0.1, 0.15) is 24.3 Å². The van der Waals surface area contributed by atoms with Crippen molar-refractivity contribution >= 4 is 11.8 Å². The Morgan fingerprint density at radius 2 is 1.93 bits per heavy atom. The number of pyridine rings is 1. The van der Waals surface area contributed by atoms with E-state index in [2.05, 4.69) is 10.3 Å². The number of hydrogen-bond donors (Lipinski definition) is 1. The highest BCUT2D eigenvalue weighted by atomic mass is 19.4. The molecule has 2 saturated heterocycles. The topological polar surface area (TPSA) is 95.3 Å². The SMILES string of the molecule is C[C@@H](O[C@H]1CN2C(=O)CC(NC(=O)c3ccc(C#N)nc3)C[C@H]2C1c1ccc(F)cc1)c1cc(CF)cc(C(F)(F)F)c1. The van der Waals surface area contributed by atoms with Crippen LogP contribution in [-0.2, 0) is 22.4 Å². The van der Waals surface area contributed by atoms with Crippen molar-refractivity contribution in [3.63, 3.8) is 0 Å². The number of hydrogen-bond acceptors (Lipinski definition) is 5. The largest absolute Gasteiger partial charge is 0.416 e. The molecule has 0 aliphatic carbocycles. The molecule has 2 fully saturated rings. The molecule has 0 bridgehead atoms. The van der Waals surface area contributed by atoms with E-state index in [1.165, 1.54) is 36.5 Å². The van der Waals surface area contributed by atoms with Gasteiger partial charge < -0.3 is 15.0 Å². The Labute approximate surface area is 244 Å². The highest BCUT2D eigenvalue weighted by Crippen LogP contribution is 2.43. The fourth-order valence-corrected chi connectivity index (χ4v) is 5.91. The first-order valence-corrected chi connectivity index (χ1v) is 13.6. The number of amides is 2. The van der Waals surface area contributed by atoms with Crippen LogP contribution in [0.25, 0.3) is 0 Å². The highest BCUT2D eigenvalue weighted by molar-refractivity contribution is 5.94. The minimum atomic E-state index is -4.68. The fraction of sp³-hybridized carbons (Fsp3) is 0.355. The number of aromatic nitrogens is 1. The van der Waals surface area contributed by atoms with Crippen LogP contribution in [-0.4, -0.2) is 46.4 Å². The summed E-state index contributed by atoms with van der Waals surface area (Å²) in [5.41, 5.74) is 0.0515. The molecule has 2 unspecified atom stereocenters. The van der Waals surface area contributed by atoms with E-state index in [1.807, 2.05) is 6.07 Å². The molecule has 2 aromatic carbocycles. The molecule has 43 heavy (non-hydrogen) atoms. The lowest BCUT2D eigenvalue weighted by molar-refractivity contribution is -0.138. The summed E-state index contributed by atoms with van der Waals surface area (Å²) in [5.74, 6) is -1.67. The lowest BCUT2D eigenvalue weighted by atomic mass is 9.84. The van der Waals surface area contributed by atoms with Crippen molar-refractivity contribution < 1.29 is 36.3 Å². The van der Waals surface area contributed by atoms with Crippen molar-refractivity contribution in [3.05, 3.63) is 100 Å². The Balaban J connectivity index is 1.40. The number of piperidine rings is 1. The van der Waals surface area contributed by atoms with Crippen molar-refractivity contribution in [2.24, 2.45) is 0 Å². The number of rotatable bonds is 7. The van der Waals surface area contributed by atoms with Crippen LogP contribution in [0.5, 0.6) is 0 Å². The van der Waals surface area contributed by atoms with Gasteiger partial charge in [-0.2, -0.15) is 18.4 Å². The van der Waals surface area contributed by atoms with Crippen molar-refractivity contribution in [3.8, 4) is 6.07 Å². The molecular weight excluding hydrogens is 571 g/mol. The Hall–Kier alpha value is -4.37. The minimum Gasteiger partial charge on any atom is -0.368 e. The maximum atomic E-state index is 13.8. The summed E-state index contributed by atoms with van der Waals surface area (Å²) < 4.78 is 74.1. The molecule has 12 heteroatoms. The number of fused-ring (bicyclic) bond motifs is 1. The van der Waals surface area contributed by atoms with Gasteiger partial charge >= 0.3 is 6.18 Å². The van der Waals surface area contributed by atoms with Gasteiger partial charge in [-0.3, -0.25) is 9.59 Å². The molecule has 2 amide bonds. The average molecular weight is 599 g/mol. The molecule has 1 aromatic heterocycles. The molecule has 5 rings (SSSR count). The second-order valence-corrected chi connectivity index (χ2v) is 10.8. The third kappa shape index (κ3) is 6.51. The molecule has 5 atom stereocenters. The number of halogens is 5. The Morgan fingerprint density at radius 1 is 1.19 bits per heavy atom. The number of benzene rings is 2. The molecule has 1 N–H and O–H groups in total. The summed E-state index contributed by atoms with van der Waals surface area (Å²) in [6, 6.07) is 12.4. The number of nitrogens with one attached hydrogen (secondary N) is 1. The van der Waals surface area contributed by atoms with Gasteiger partial charge in [-0.05, 0) is 66.4 Å². The van der Waals surface area contributed by atoms with Gasteiger partial charge in [-0.25, -0.2) is 13.8 Å². The zero-order chi connectivity index (χ0) is 30.9. The van der Waals surface area contributed by atoms with Crippen LogP contribution in [0.1, 0.15) is 70.1 Å². The molecule has 2 aliphatic rings. The first-order chi connectivity index (χ1) is 20.5. The molecule has 3 heterocycles. The van der Waals surface area contributed by atoms with Crippen LogP contribution in [0.3, 0.4) is 0 Å². The summed E-state index contributed by atoms with van der Waals surface area (Å²) in [7, 11) is 0. The van der Waals surface area contributed by atoms with Crippen molar-refractivity contribution in [1.29, 1.82) is 5.26 Å². The minimum absolute atomic E-state index is 0.0118. The molecule has 2 aliphatic heterocycles. The standard InChI is InChI=1S/C31H27F5N4O3/c1-17(21-8-18(13-32)9-22(10-21)31(34,35)36)43-27-16-40-26(29(27)19-2-5-23(33)6-3-19)11-25(12-28(40)41)39-30(42)20-4-7-24(14-37)38-15-20/h2-10,15,17,25-27,29H,11-13,16H2,1H3,(H,39,42)/t17-,25?,26+,27+,29?/m1/s1. The summed E-state index contributed by atoms with van der Waals surface area (Å²) >= 11 is 0. The van der Waals surface area contributed by atoms with Crippen LogP contribution < -0.4 is 5.32 Å². The van der Waals surface area contributed by atoms with E-state index in [-0.39, 0.29) is 41.3 Å². The van der Waals surface area contributed by atoms with Gasteiger partial charge in [0.25, 0.3) is 5.91 Å². The van der Waals surface area contributed by atoms with Crippen molar-refractivity contribution in [2.45, 2.75) is 62.8 Å². The van der Waals surface area contributed by atoms with Gasteiger partial charge in [0, 0.05) is 37.2 Å². The van der Waals surface area contributed by atoms with Crippen LogP contribution in [0.15, 0.2) is 60.8 Å². The van der Waals surface area contributed by atoms with E-state index in [1.54, 1.807) is 24.0 Å². The number of alkyl halides is 4.